The molecule has 1 amide bonds. The van der Waals surface area contributed by atoms with E-state index in [1.54, 1.807) is 6.20 Å². The lowest BCUT2D eigenvalue weighted by Crippen LogP contribution is -2.39. The van der Waals surface area contributed by atoms with Crippen molar-refractivity contribution in [1.82, 2.24) is 14.9 Å². The van der Waals surface area contributed by atoms with E-state index in [1.165, 1.54) is 11.1 Å². The fraction of sp³-hybridized carbons (Fsp3) is 0.250. The second-order valence-corrected chi connectivity index (χ2v) is 8.68. The summed E-state index contributed by atoms with van der Waals surface area (Å²) in [6, 6.07) is 24.7. The first kappa shape index (κ1) is 20.4. The van der Waals surface area contributed by atoms with Gasteiger partial charge < -0.3 is 4.90 Å². The average molecular weight is 422 g/mol. The highest BCUT2D eigenvalue weighted by Crippen LogP contribution is 2.29. The predicted molar refractivity (Wildman–Crippen MR) is 128 cm³/mol. The SMILES string of the molecule is Cc1cc(Cc2ccccc2)cc([C@@H]2CCCN(C(=O)c3cccc4cccnc34)C2)n1. The number of hydrogen-bond donors (Lipinski definition) is 0. The van der Waals surface area contributed by atoms with Crippen molar-refractivity contribution in [3.05, 3.63) is 107 Å². The number of likely N-dealkylation sites (tertiary alicyclic amines) is 1. The molecule has 1 aliphatic rings. The lowest BCUT2D eigenvalue weighted by molar-refractivity contribution is 0.0707. The van der Waals surface area contributed by atoms with E-state index in [1.807, 2.05) is 41.3 Å². The van der Waals surface area contributed by atoms with E-state index < -0.39 is 0 Å². The molecule has 32 heavy (non-hydrogen) atoms. The van der Waals surface area contributed by atoms with Crippen LogP contribution < -0.4 is 0 Å². The predicted octanol–water partition coefficient (Wildman–Crippen LogP) is 5.55. The van der Waals surface area contributed by atoms with E-state index in [9.17, 15) is 4.79 Å². The van der Waals surface area contributed by atoms with Gasteiger partial charge in [0.15, 0.2) is 0 Å². The molecule has 5 rings (SSSR count). The highest BCUT2D eigenvalue weighted by molar-refractivity contribution is 6.05. The normalized spacial score (nSPS) is 16.3. The molecule has 4 aromatic rings. The lowest BCUT2D eigenvalue weighted by atomic mass is 9.92. The van der Waals surface area contributed by atoms with E-state index in [-0.39, 0.29) is 11.8 Å². The summed E-state index contributed by atoms with van der Waals surface area (Å²) < 4.78 is 0. The zero-order valence-corrected chi connectivity index (χ0v) is 18.4. The molecule has 0 N–H and O–H groups in total. The second kappa shape index (κ2) is 8.91. The molecule has 1 aliphatic heterocycles. The number of aromatic nitrogens is 2. The van der Waals surface area contributed by atoms with Gasteiger partial charge >= 0.3 is 0 Å². The van der Waals surface area contributed by atoms with Gasteiger partial charge in [-0.15, -0.1) is 0 Å². The van der Waals surface area contributed by atoms with Crippen LogP contribution in [0.4, 0.5) is 0 Å². The molecule has 1 atom stereocenters. The largest absolute Gasteiger partial charge is 0.338 e. The van der Waals surface area contributed by atoms with Crippen LogP contribution in [0.1, 0.15) is 51.6 Å². The van der Waals surface area contributed by atoms with Crippen molar-refractivity contribution in [3.63, 3.8) is 0 Å². The molecule has 160 valence electrons. The summed E-state index contributed by atoms with van der Waals surface area (Å²) in [4.78, 5) is 24.8. The Morgan fingerprint density at radius 3 is 2.72 bits per heavy atom. The molecule has 0 bridgehead atoms. The van der Waals surface area contributed by atoms with Crippen LogP contribution in [0.15, 0.2) is 79.0 Å². The summed E-state index contributed by atoms with van der Waals surface area (Å²) in [6.07, 6.45) is 4.69. The van der Waals surface area contributed by atoms with Gasteiger partial charge in [-0.05, 0) is 61.6 Å². The molecule has 3 heterocycles. The van der Waals surface area contributed by atoms with Crippen LogP contribution in [0.5, 0.6) is 0 Å². The first-order chi connectivity index (χ1) is 15.7. The molecule has 2 aromatic heterocycles. The summed E-state index contributed by atoms with van der Waals surface area (Å²) in [7, 11) is 0. The number of hydrogen-bond acceptors (Lipinski definition) is 3. The Bertz CT molecular complexity index is 1250. The molecule has 4 heteroatoms. The number of fused-ring (bicyclic) bond motifs is 1. The number of pyridine rings is 2. The number of para-hydroxylation sites is 1. The van der Waals surface area contributed by atoms with E-state index in [2.05, 4.69) is 48.3 Å². The van der Waals surface area contributed by atoms with E-state index >= 15 is 0 Å². The first-order valence-electron chi connectivity index (χ1n) is 11.3. The van der Waals surface area contributed by atoms with E-state index in [0.29, 0.717) is 12.1 Å². The van der Waals surface area contributed by atoms with Crippen LogP contribution in [0.3, 0.4) is 0 Å². The third-order valence-corrected chi connectivity index (χ3v) is 6.27. The number of nitrogens with zero attached hydrogens (tertiary/aromatic N) is 3. The van der Waals surface area contributed by atoms with Crippen molar-refractivity contribution >= 4 is 16.8 Å². The van der Waals surface area contributed by atoms with Gasteiger partial charge in [0.05, 0.1) is 11.1 Å². The Labute approximate surface area is 189 Å². The van der Waals surface area contributed by atoms with Crippen LogP contribution in [0, 0.1) is 6.92 Å². The van der Waals surface area contributed by atoms with E-state index in [0.717, 1.165) is 48.1 Å². The van der Waals surface area contributed by atoms with Gasteiger partial charge in [0.1, 0.15) is 0 Å². The summed E-state index contributed by atoms with van der Waals surface area (Å²) >= 11 is 0. The third-order valence-electron chi connectivity index (χ3n) is 6.27. The smallest absolute Gasteiger partial charge is 0.256 e. The molecule has 0 spiro atoms. The van der Waals surface area contributed by atoms with Gasteiger partial charge in [0.25, 0.3) is 5.91 Å². The molecule has 4 nitrogen and oxygen atoms in total. The van der Waals surface area contributed by atoms with Crippen molar-refractivity contribution in [2.45, 2.75) is 32.1 Å². The summed E-state index contributed by atoms with van der Waals surface area (Å²) in [6.45, 7) is 3.54. The molecule has 0 saturated carbocycles. The Balaban J connectivity index is 1.38. The minimum Gasteiger partial charge on any atom is -0.338 e. The Hall–Kier alpha value is -3.53. The van der Waals surface area contributed by atoms with Crippen molar-refractivity contribution < 1.29 is 4.79 Å². The van der Waals surface area contributed by atoms with Crippen LogP contribution >= 0.6 is 0 Å². The van der Waals surface area contributed by atoms with Crippen LogP contribution in [-0.2, 0) is 6.42 Å². The number of rotatable bonds is 4. The van der Waals surface area contributed by atoms with Crippen LogP contribution in [0.25, 0.3) is 10.9 Å². The highest BCUT2D eigenvalue weighted by Gasteiger charge is 2.27. The number of benzene rings is 2. The quantitative estimate of drug-likeness (QED) is 0.434. The van der Waals surface area contributed by atoms with Gasteiger partial charge in [-0.25, -0.2) is 0 Å². The summed E-state index contributed by atoms with van der Waals surface area (Å²) in [5, 5.41) is 0.998. The van der Waals surface area contributed by atoms with Gasteiger partial charge in [-0.3, -0.25) is 14.8 Å². The van der Waals surface area contributed by atoms with Gasteiger partial charge in [0.2, 0.25) is 0 Å². The van der Waals surface area contributed by atoms with Crippen LogP contribution in [-0.4, -0.2) is 33.9 Å². The number of carbonyl (C=O) groups excluding carboxylic acids is 1. The number of aryl methyl sites for hydroxylation is 1. The number of carbonyl (C=O) groups is 1. The molecule has 0 radical (unpaired) electrons. The minimum absolute atomic E-state index is 0.0659. The van der Waals surface area contributed by atoms with Crippen molar-refractivity contribution in [1.29, 1.82) is 0 Å². The van der Waals surface area contributed by atoms with Crippen molar-refractivity contribution in [2.75, 3.05) is 13.1 Å². The Morgan fingerprint density at radius 1 is 1.00 bits per heavy atom. The van der Waals surface area contributed by atoms with Crippen LogP contribution in [0.2, 0.25) is 0 Å². The van der Waals surface area contributed by atoms with Crippen molar-refractivity contribution in [3.8, 4) is 0 Å². The van der Waals surface area contributed by atoms with Gasteiger partial charge in [0, 0.05) is 42.0 Å². The maximum atomic E-state index is 13.4. The molecule has 1 fully saturated rings. The van der Waals surface area contributed by atoms with E-state index in [4.69, 9.17) is 4.98 Å². The maximum Gasteiger partial charge on any atom is 0.256 e. The molecular formula is C28H27N3O. The van der Waals surface area contributed by atoms with Gasteiger partial charge in [-0.1, -0.05) is 48.5 Å². The molecule has 0 aliphatic carbocycles. The second-order valence-electron chi connectivity index (χ2n) is 8.68. The zero-order valence-electron chi connectivity index (χ0n) is 18.4. The Morgan fingerprint density at radius 2 is 1.84 bits per heavy atom. The summed E-state index contributed by atoms with van der Waals surface area (Å²) in [5.41, 5.74) is 6.18. The average Bonchev–Trinajstić information content (AvgIpc) is 2.83. The maximum absolute atomic E-state index is 13.4. The van der Waals surface area contributed by atoms with Gasteiger partial charge in [-0.2, -0.15) is 0 Å². The zero-order chi connectivity index (χ0) is 21.9. The Kier molecular flexibility index (Phi) is 5.68. The summed E-state index contributed by atoms with van der Waals surface area (Å²) in [5.74, 6) is 0.321. The molecule has 1 saturated heterocycles. The molecule has 0 unspecified atom stereocenters. The standard InChI is InChI=1S/C28H27N3O/c1-20-16-22(17-21-8-3-2-4-9-21)18-26(30-20)24-12-7-15-31(19-24)28(32)25-13-5-10-23-11-6-14-29-27(23)25/h2-6,8-11,13-14,16,18,24H,7,12,15,17,19H2,1H3/t24-/m1/s1. The minimum atomic E-state index is 0.0659. The number of amides is 1. The lowest BCUT2D eigenvalue weighted by Gasteiger charge is -2.33. The molecule has 2 aromatic carbocycles. The van der Waals surface area contributed by atoms with Crippen molar-refractivity contribution in [2.24, 2.45) is 0 Å². The fourth-order valence-corrected chi connectivity index (χ4v) is 4.76. The number of piperidine rings is 1. The molecular weight excluding hydrogens is 394 g/mol. The topological polar surface area (TPSA) is 46.1 Å². The monoisotopic (exact) mass is 421 g/mol. The third kappa shape index (κ3) is 4.26. The highest BCUT2D eigenvalue weighted by atomic mass is 16.2. The first-order valence-corrected chi connectivity index (χ1v) is 11.3. The fourth-order valence-electron chi connectivity index (χ4n) is 4.76.